The zero-order chi connectivity index (χ0) is 16.8. The third-order valence-electron chi connectivity index (χ3n) is 3.90. The Bertz CT molecular complexity index is 503. The molecular formula is C17H28N2O3. The Hall–Kier alpha value is -1.75. The molecule has 0 spiro atoms. The van der Waals surface area contributed by atoms with Crippen LogP contribution in [0.4, 0.5) is 0 Å². The molecule has 22 heavy (non-hydrogen) atoms. The van der Waals surface area contributed by atoms with Crippen molar-refractivity contribution in [2.24, 2.45) is 11.7 Å². The molecule has 0 aliphatic carbocycles. The van der Waals surface area contributed by atoms with Gasteiger partial charge in [-0.3, -0.25) is 4.79 Å². The Balaban J connectivity index is 3.01. The van der Waals surface area contributed by atoms with Crippen LogP contribution < -0.4 is 20.5 Å². The molecule has 0 heterocycles. The molecule has 0 bridgehead atoms. The van der Waals surface area contributed by atoms with Crippen molar-refractivity contribution in [2.75, 3.05) is 19.8 Å². The van der Waals surface area contributed by atoms with Crippen molar-refractivity contribution in [1.29, 1.82) is 0 Å². The van der Waals surface area contributed by atoms with E-state index in [9.17, 15) is 4.79 Å². The van der Waals surface area contributed by atoms with E-state index in [1.54, 1.807) is 18.2 Å². The van der Waals surface area contributed by atoms with Crippen molar-refractivity contribution in [3.63, 3.8) is 0 Å². The summed E-state index contributed by atoms with van der Waals surface area (Å²) in [6, 6.07) is 5.21. The van der Waals surface area contributed by atoms with Gasteiger partial charge in [-0.2, -0.15) is 0 Å². The molecule has 0 fully saturated rings. The highest BCUT2D eigenvalue weighted by molar-refractivity contribution is 5.95. The minimum absolute atomic E-state index is 0.161. The van der Waals surface area contributed by atoms with Crippen LogP contribution in [0.15, 0.2) is 18.2 Å². The minimum Gasteiger partial charge on any atom is -0.490 e. The lowest BCUT2D eigenvalue weighted by Gasteiger charge is -2.33. The normalized spacial score (nSPS) is 13.6. The van der Waals surface area contributed by atoms with E-state index in [0.29, 0.717) is 36.8 Å². The number of rotatable bonds is 8. The van der Waals surface area contributed by atoms with Crippen molar-refractivity contribution in [1.82, 2.24) is 5.32 Å². The summed E-state index contributed by atoms with van der Waals surface area (Å²) in [7, 11) is 0. The van der Waals surface area contributed by atoms with Gasteiger partial charge >= 0.3 is 0 Å². The number of benzene rings is 1. The van der Waals surface area contributed by atoms with E-state index in [1.165, 1.54) is 0 Å². The molecule has 1 rings (SSSR count). The fourth-order valence-electron chi connectivity index (χ4n) is 1.95. The quantitative estimate of drug-likeness (QED) is 0.774. The summed E-state index contributed by atoms with van der Waals surface area (Å²) in [6.07, 6.45) is 0. The van der Waals surface area contributed by atoms with Crippen LogP contribution in [0, 0.1) is 5.92 Å². The maximum absolute atomic E-state index is 12.5. The molecule has 0 saturated carbocycles. The van der Waals surface area contributed by atoms with E-state index in [2.05, 4.69) is 5.32 Å². The number of hydrogen-bond donors (Lipinski definition) is 2. The minimum atomic E-state index is -0.443. The molecule has 0 radical (unpaired) electrons. The monoisotopic (exact) mass is 308 g/mol. The van der Waals surface area contributed by atoms with Crippen LogP contribution in [-0.4, -0.2) is 31.2 Å². The smallest absolute Gasteiger partial charge is 0.251 e. The van der Waals surface area contributed by atoms with E-state index in [1.807, 2.05) is 34.6 Å². The number of carbonyl (C=O) groups excluding carboxylic acids is 1. The largest absolute Gasteiger partial charge is 0.490 e. The summed E-state index contributed by atoms with van der Waals surface area (Å²) in [4.78, 5) is 12.5. The average molecular weight is 308 g/mol. The van der Waals surface area contributed by atoms with Gasteiger partial charge in [-0.15, -0.1) is 0 Å². The first-order chi connectivity index (χ1) is 10.4. The highest BCUT2D eigenvalue weighted by atomic mass is 16.5. The molecule has 1 atom stereocenters. The van der Waals surface area contributed by atoms with E-state index < -0.39 is 5.54 Å². The second kappa shape index (κ2) is 8.03. The molecule has 1 aromatic carbocycles. The van der Waals surface area contributed by atoms with E-state index >= 15 is 0 Å². The summed E-state index contributed by atoms with van der Waals surface area (Å²) in [5, 5.41) is 3.02. The second-order valence-corrected chi connectivity index (χ2v) is 5.76. The Morgan fingerprint density at radius 2 is 1.82 bits per heavy atom. The van der Waals surface area contributed by atoms with Crippen LogP contribution in [-0.2, 0) is 0 Å². The lowest BCUT2D eigenvalue weighted by Crippen LogP contribution is -2.55. The second-order valence-electron chi connectivity index (χ2n) is 5.76. The first kappa shape index (κ1) is 18.3. The first-order valence-corrected chi connectivity index (χ1v) is 7.80. The molecule has 0 aliphatic rings. The van der Waals surface area contributed by atoms with Crippen molar-refractivity contribution < 1.29 is 14.3 Å². The molecule has 1 amide bonds. The van der Waals surface area contributed by atoms with Crippen LogP contribution in [0.2, 0.25) is 0 Å². The third kappa shape index (κ3) is 4.37. The van der Waals surface area contributed by atoms with E-state index in [-0.39, 0.29) is 11.8 Å². The summed E-state index contributed by atoms with van der Waals surface area (Å²) in [5.41, 5.74) is 5.91. The number of ether oxygens (including phenoxy) is 2. The summed E-state index contributed by atoms with van der Waals surface area (Å²) in [6.45, 7) is 11.3. The maximum atomic E-state index is 12.5. The molecule has 3 N–H and O–H groups in total. The van der Waals surface area contributed by atoms with Gasteiger partial charge in [0, 0.05) is 12.1 Å². The van der Waals surface area contributed by atoms with Crippen molar-refractivity contribution in [2.45, 2.75) is 40.2 Å². The Kier molecular flexibility index (Phi) is 6.68. The topological polar surface area (TPSA) is 73.6 Å². The molecule has 0 aliphatic heterocycles. The van der Waals surface area contributed by atoms with Gasteiger partial charge in [0.1, 0.15) is 0 Å². The molecule has 0 aromatic heterocycles. The molecule has 0 saturated heterocycles. The van der Waals surface area contributed by atoms with Gasteiger partial charge in [-0.25, -0.2) is 0 Å². The summed E-state index contributed by atoms with van der Waals surface area (Å²) >= 11 is 0. The molecule has 5 heteroatoms. The molecule has 1 aromatic rings. The highest BCUT2D eigenvalue weighted by Gasteiger charge is 2.29. The standard InChI is InChI=1S/C17H28N2O3/c1-6-21-14-9-8-13(10-15(14)22-7-2)16(20)19-17(5,11-18)12(3)4/h8-10,12H,6-7,11,18H2,1-5H3,(H,19,20). The van der Waals surface area contributed by atoms with Gasteiger partial charge in [-0.1, -0.05) is 13.8 Å². The van der Waals surface area contributed by atoms with Gasteiger partial charge in [0.15, 0.2) is 11.5 Å². The predicted octanol–water partition coefficient (Wildman–Crippen LogP) is 2.59. The van der Waals surface area contributed by atoms with Crippen LogP contribution >= 0.6 is 0 Å². The van der Waals surface area contributed by atoms with Gasteiger partial charge < -0.3 is 20.5 Å². The maximum Gasteiger partial charge on any atom is 0.251 e. The SMILES string of the molecule is CCOc1ccc(C(=O)NC(C)(CN)C(C)C)cc1OCC. The van der Waals surface area contributed by atoms with Crippen LogP contribution in [0.25, 0.3) is 0 Å². The zero-order valence-corrected chi connectivity index (χ0v) is 14.2. The highest BCUT2D eigenvalue weighted by Crippen LogP contribution is 2.29. The van der Waals surface area contributed by atoms with Gasteiger partial charge in [0.05, 0.1) is 18.8 Å². The van der Waals surface area contributed by atoms with E-state index in [4.69, 9.17) is 15.2 Å². The van der Waals surface area contributed by atoms with Gasteiger partial charge in [0.25, 0.3) is 5.91 Å². The average Bonchev–Trinajstić information content (AvgIpc) is 2.49. The predicted molar refractivity (Wildman–Crippen MR) is 88.5 cm³/mol. The van der Waals surface area contributed by atoms with Gasteiger partial charge in [0.2, 0.25) is 0 Å². The summed E-state index contributed by atoms with van der Waals surface area (Å²) in [5.74, 6) is 1.29. The van der Waals surface area contributed by atoms with E-state index in [0.717, 1.165) is 0 Å². The van der Waals surface area contributed by atoms with Crippen LogP contribution in [0.5, 0.6) is 11.5 Å². The number of amides is 1. The Labute approximate surface area is 133 Å². The number of carbonyl (C=O) groups is 1. The van der Waals surface area contributed by atoms with Crippen molar-refractivity contribution in [3.8, 4) is 11.5 Å². The van der Waals surface area contributed by atoms with Crippen molar-refractivity contribution >= 4 is 5.91 Å². The Morgan fingerprint density at radius 1 is 1.23 bits per heavy atom. The number of nitrogens with one attached hydrogen (secondary N) is 1. The zero-order valence-electron chi connectivity index (χ0n) is 14.2. The van der Waals surface area contributed by atoms with Crippen LogP contribution in [0.1, 0.15) is 45.0 Å². The number of nitrogens with two attached hydrogens (primary N) is 1. The fourth-order valence-corrected chi connectivity index (χ4v) is 1.95. The molecule has 124 valence electrons. The van der Waals surface area contributed by atoms with Gasteiger partial charge in [-0.05, 0) is 44.9 Å². The lowest BCUT2D eigenvalue weighted by molar-refractivity contribution is 0.0882. The molecular weight excluding hydrogens is 280 g/mol. The first-order valence-electron chi connectivity index (χ1n) is 7.80. The van der Waals surface area contributed by atoms with Crippen LogP contribution in [0.3, 0.4) is 0 Å². The van der Waals surface area contributed by atoms with Crippen molar-refractivity contribution in [3.05, 3.63) is 23.8 Å². The molecule has 1 unspecified atom stereocenters. The Morgan fingerprint density at radius 3 is 2.32 bits per heavy atom. The molecule has 5 nitrogen and oxygen atoms in total. The summed E-state index contributed by atoms with van der Waals surface area (Å²) < 4.78 is 11.1. The lowest BCUT2D eigenvalue weighted by atomic mass is 9.88. The number of hydrogen-bond acceptors (Lipinski definition) is 4. The fraction of sp³-hybridized carbons (Fsp3) is 0.588. The third-order valence-corrected chi connectivity index (χ3v) is 3.90.